The molecule has 0 radical (unpaired) electrons. The summed E-state index contributed by atoms with van der Waals surface area (Å²) in [5.74, 6) is -3.41. The van der Waals surface area contributed by atoms with E-state index in [0.717, 1.165) is 23.3 Å². The van der Waals surface area contributed by atoms with Gasteiger partial charge >= 0.3 is 12.1 Å². The Labute approximate surface area is 231 Å². The lowest BCUT2D eigenvalue weighted by atomic mass is 9.92. The fraction of sp³-hybridized carbons (Fsp3) is 0.643. The number of hydrogen-bond donors (Lipinski definition) is 2. The van der Waals surface area contributed by atoms with Crippen molar-refractivity contribution in [2.75, 3.05) is 38.5 Å². The largest absolute Gasteiger partial charge is 0.427 e. The molecule has 1 saturated carbocycles. The Hall–Kier alpha value is -3.28. The van der Waals surface area contributed by atoms with E-state index in [-0.39, 0.29) is 36.9 Å². The van der Waals surface area contributed by atoms with Gasteiger partial charge in [-0.05, 0) is 69.8 Å². The maximum atomic E-state index is 13.8. The van der Waals surface area contributed by atoms with Gasteiger partial charge in [0.05, 0.1) is 0 Å². The number of urea groups is 1. The zero-order valence-corrected chi connectivity index (χ0v) is 22.8. The van der Waals surface area contributed by atoms with Gasteiger partial charge in [0.15, 0.2) is 0 Å². The first-order chi connectivity index (χ1) is 19.0. The van der Waals surface area contributed by atoms with Gasteiger partial charge in [0, 0.05) is 55.2 Å². The fourth-order valence-corrected chi connectivity index (χ4v) is 7.23. The number of imide groups is 1. The molecule has 3 saturated heterocycles. The van der Waals surface area contributed by atoms with E-state index in [9.17, 15) is 28.0 Å². The van der Waals surface area contributed by atoms with Crippen LogP contribution in [-0.2, 0) is 26.3 Å². The average Bonchev–Trinajstić information content (AvgIpc) is 3.22. The summed E-state index contributed by atoms with van der Waals surface area (Å²) in [7, 11) is 1.51. The highest BCUT2D eigenvalue weighted by atomic mass is 19.3. The molecule has 4 fully saturated rings. The molecule has 3 heterocycles. The topological polar surface area (TPSA) is 111 Å². The van der Waals surface area contributed by atoms with Crippen LogP contribution in [0, 0.1) is 5.41 Å². The van der Waals surface area contributed by atoms with E-state index >= 15 is 0 Å². The zero-order chi connectivity index (χ0) is 28.4. The monoisotopic (exact) mass is 559 g/mol. The number of likely N-dealkylation sites (tertiary alicyclic amines) is 2. The maximum absolute atomic E-state index is 13.8. The Morgan fingerprint density at radius 1 is 1.12 bits per heavy atom. The van der Waals surface area contributed by atoms with Crippen molar-refractivity contribution >= 4 is 29.6 Å². The molecule has 1 aromatic rings. The smallest absolute Gasteiger partial charge is 0.418 e. The number of piperidine rings is 1. The minimum atomic E-state index is -2.54. The van der Waals surface area contributed by atoms with Crippen LogP contribution in [0.3, 0.4) is 0 Å². The molecule has 10 nitrogen and oxygen atoms in total. The minimum Gasteiger partial charge on any atom is -0.427 e. The molecule has 0 aromatic heterocycles. The number of carbonyl (C=O) groups excluding carboxylic acids is 4. The number of anilines is 1. The van der Waals surface area contributed by atoms with Gasteiger partial charge in [-0.3, -0.25) is 9.59 Å². The van der Waals surface area contributed by atoms with Crippen molar-refractivity contribution < 1.29 is 32.7 Å². The molecule has 40 heavy (non-hydrogen) atoms. The molecule has 1 aromatic carbocycles. The predicted molar refractivity (Wildman–Crippen MR) is 140 cm³/mol. The Bertz CT molecular complexity index is 1270. The van der Waals surface area contributed by atoms with Crippen molar-refractivity contribution in [3.63, 3.8) is 0 Å². The van der Waals surface area contributed by atoms with E-state index < -0.39 is 35.5 Å². The lowest BCUT2D eigenvalue weighted by molar-refractivity contribution is -0.143. The number of nitrogens with zero attached hydrogens (tertiary/aromatic N) is 3. The van der Waals surface area contributed by atoms with Crippen molar-refractivity contribution in [1.29, 1.82) is 0 Å². The van der Waals surface area contributed by atoms with Crippen molar-refractivity contribution in [3.8, 4) is 0 Å². The van der Waals surface area contributed by atoms with E-state index in [1.54, 1.807) is 23.1 Å². The normalized spacial score (nSPS) is 30.1. The summed E-state index contributed by atoms with van der Waals surface area (Å²) in [5.41, 5.74) is -0.371. The quantitative estimate of drug-likeness (QED) is 0.574. The highest BCUT2D eigenvalue weighted by molar-refractivity contribution is 6.06. The van der Waals surface area contributed by atoms with Crippen LogP contribution in [0.25, 0.3) is 0 Å². The molecule has 5 amide bonds. The lowest BCUT2D eigenvalue weighted by Gasteiger charge is -2.37. The number of carbonyl (C=O) groups is 4. The molecule has 12 heteroatoms. The second-order valence-corrected chi connectivity index (χ2v) is 12.0. The number of hydrogen-bond acceptors (Lipinski definition) is 6. The molecule has 3 aliphatic heterocycles. The molecule has 2 spiro atoms. The number of ether oxygens (including phenoxy) is 1. The summed E-state index contributed by atoms with van der Waals surface area (Å²) in [6.07, 6.45) is 2.41. The van der Waals surface area contributed by atoms with Gasteiger partial charge in [0.25, 0.3) is 11.8 Å². The van der Waals surface area contributed by atoms with Gasteiger partial charge in [-0.15, -0.1) is 0 Å². The first-order valence-electron chi connectivity index (χ1n) is 14.1. The molecule has 216 valence electrons. The van der Waals surface area contributed by atoms with E-state index in [1.807, 2.05) is 6.92 Å². The van der Waals surface area contributed by atoms with Crippen LogP contribution >= 0.6 is 0 Å². The van der Waals surface area contributed by atoms with Crippen LogP contribution in [0.5, 0.6) is 0 Å². The maximum Gasteiger partial charge on any atom is 0.418 e. The molecule has 0 bridgehead atoms. The van der Waals surface area contributed by atoms with Gasteiger partial charge in [-0.25, -0.2) is 23.3 Å². The molecule has 1 unspecified atom stereocenters. The van der Waals surface area contributed by atoms with Crippen LogP contribution < -0.4 is 10.6 Å². The van der Waals surface area contributed by atoms with Gasteiger partial charge in [-0.2, -0.15) is 0 Å². The Morgan fingerprint density at radius 2 is 1.85 bits per heavy atom. The first kappa shape index (κ1) is 26.9. The second kappa shape index (κ2) is 9.39. The highest BCUT2D eigenvalue weighted by Crippen LogP contribution is 2.65. The Kier molecular flexibility index (Phi) is 6.32. The summed E-state index contributed by atoms with van der Waals surface area (Å²) in [6.45, 7) is 3.32. The third-order valence-corrected chi connectivity index (χ3v) is 9.70. The second-order valence-electron chi connectivity index (χ2n) is 12.0. The standard InChI is InChI=1S/C28H35F2N5O5/c1-17-3-5-20(14-33-11-9-26(10-12-33)16-28(26,29)30)35(17)22(36)15-34-23(37)27(40-25(34)39)8-7-18-13-19(4-6-21(18)27)32-24(38)31-2/h4,6,13,17,20H,3,5,7-12,14-16H2,1-2H3,(H2,31,32,38)/t17-,20-,27?/m0/s1. The number of benzene rings is 1. The van der Waals surface area contributed by atoms with Crippen molar-refractivity contribution in [3.05, 3.63) is 29.3 Å². The van der Waals surface area contributed by atoms with Gasteiger partial charge < -0.3 is 25.2 Å². The molecule has 3 atom stereocenters. The van der Waals surface area contributed by atoms with Crippen LogP contribution in [0.4, 0.5) is 24.1 Å². The van der Waals surface area contributed by atoms with Gasteiger partial charge in [0.1, 0.15) is 6.54 Å². The van der Waals surface area contributed by atoms with E-state index in [0.29, 0.717) is 50.1 Å². The fourth-order valence-electron chi connectivity index (χ4n) is 7.23. The predicted octanol–water partition coefficient (Wildman–Crippen LogP) is 3.06. The van der Waals surface area contributed by atoms with Gasteiger partial charge in [-0.1, -0.05) is 6.07 Å². The number of amides is 5. The molecule has 6 rings (SSSR count). The lowest BCUT2D eigenvalue weighted by Crippen LogP contribution is -2.51. The summed E-state index contributed by atoms with van der Waals surface area (Å²) in [6, 6.07) is 4.57. The van der Waals surface area contributed by atoms with Crippen LogP contribution in [0.15, 0.2) is 18.2 Å². The molecule has 2 aliphatic carbocycles. The molecule has 2 N–H and O–H groups in total. The van der Waals surface area contributed by atoms with Gasteiger partial charge in [0.2, 0.25) is 11.5 Å². The van der Waals surface area contributed by atoms with E-state index in [1.165, 1.54) is 7.05 Å². The molecular weight excluding hydrogens is 524 g/mol. The number of alkyl halides is 2. The van der Waals surface area contributed by atoms with E-state index in [2.05, 4.69) is 15.5 Å². The SMILES string of the molecule is CNC(=O)Nc1ccc2c(c1)CCC21OC(=O)N(CC(=O)N2[C@H](CN3CCC4(CC3)CC4(F)F)CC[C@@H]2C)C1=O. The average molecular weight is 560 g/mol. The number of halogens is 2. The number of rotatable bonds is 5. The van der Waals surface area contributed by atoms with Crippen molar-refractivity contribution in [2.24, 2.45) is 5.41 Å². The molecular formula is C28H35F2N5O5. The highest BCUT2D eigenvalue weighted by Gasteiger charge is 2.70. The van der Waals surface area contributed by atoms with Crippen molar-refractivity contribution in [1.82, 2.24) is 20.0 Å². The zero-order valence-electron chi connectivity index (χ0n) is 22.8. The summed E-state index contributed by atoms with van der Waals surface area (Å²) in [4.78, 5) is 56.6. The Balaban J connectivity index is 1.12. The van der Waals surface area contributed by atoms with Crippen LogP contribution in [-0.4, -0.2) is 89.9 Å². The van der Waals surface area contributed by atoms with E-state index in [4.69, 9.17) is 4.74 Å². The Morgan fingerprint density at radius 3 is 2.52 bits per heavy atom. The van der Waals surface area contributed by atoms with Crippen molar-refractivity contribution in [2.45, 2.75) is 75.5 Å². The third kappa shape index (κ3) is 4.22. The summed E-state index contributed by atoms with van der Waals surface area (Å²) in [5, 5.41) is 5.18. The van der Waals surface area contributed by atoms with Crippen LogP contribution in [0.2, 0.25) is 0 Å². The third-order valence-electron chi connectivity index (χ3n) is 9.70. The van der Waals surface area contributed by atoms with Crippen LogP contribution in [0.1, 0.15) is 56.6 Å². The first-order valence-corrected chi connectivity index (χ1v) is 14.1. The number of fused-ring (bicyclic) bond motifs is 2. The summed E-state index contributed by atoms with van der Waals surface area (Å²) >= 11 is 0. The summed E-state index contributed by atoms with van der Waals surface area (Å²) < 4.78 is 33.3. The molecule has 5 aliphatic rings. The number of aryl methyl sites for hydroxylation is 1. The number of nitrogens with one attached hydrogen (secondary N) is 2. The minimum absolute atomic E-state index is 0.0150.